The highest BCUT2D eigenvalue weighted by Gasteiger charge is 2.46. The molecule has 0 spiro atoms. The Morgan fingerprint density at radius 2 is 1.85 bits per heavy atom. The number of imidazole rings is 1. The van der Waals surface area contributed by atoms with E-state index in [4.69, 9.17) is 0 Å². The van der Waals surface area contributed by atoms with Crippen LogP contribution in [-0.2, 0) is 6.42 Å². The third kappa shape index (κ3) is 4.51. The van der Waals surface area contributed by atoms with E-state index in [2.05, 4.69) is 72.2 Å². The molecule has 2 unspecified atom stereocenters. The standard InChI is InChI=1S/C29H37N3O/c1-20-8-6-9-21(2)28(20)24-18-23-14-13-22(24)19-29(23,33)15-17-32(3)16-7-12-27-30-25-10-4-5-11-26(25)31-27/h4-6,8-11,18,22-23,33H,7,12-17,19H2,1-3H3,(H,30,31)/t22?,23-,29?/m0/s1. The number of nitrogens with zero attached hydrogens (tertiary/aromatic N) is 2. The average molecular weight is 444 g/mol. The van der Waals surface area contributed by atoms with Crippen LogP contribution in [0.3, 0.4) is 0 Å². The lowest BCUT2D eigenvalue weighted by Crippen LogP contribution is -2.48. The summed E-state index contributed by atoms with van der Waals surface area (Å²) in [6.07, 6.45) is 8.53. The molecule has 4 heteroatoms. The number of para-hydroxylation sites is 2. The predicted octanol–water partition coefficient (Wildman–Crippen LogP) is 5.68. The molecule has 0 saturated heterocycles. The Bertz CT molecular complexity index is 1110. The van der Waals surface area contributed by atoms with Crippen LogP contribution in [0, 0.1) is 25.7 Å². The zero-order valence-electron chi connectivity index (χ0n) is 20.3. The van der Waals surface area contributed by atoms with Gasteiger partial charge in [0.1, 0.15) is 5.82 Å². The van der Waals surface area contributed by atoms with Crippen molar-refractivity contribution in [3.05, 3.63) is 71.1 Å². The molecular weight excluding hydrogens is 406 g/mol. The van der Waals surface area contributed by atoms with Crippen molar-refractivity contribution >= 4 is 16.6 Å². The summed E-state index contributed by atoms with van der Waals surface area (Å²) in [5.41, 5.74) is 7.24. The zero-order valence-corrected chi connectivity index (χ0v) is 20.3. The molecule has 2 N–H and O–H groups in total. The fourth-order valence-corrected chi connectivity index (χ4v) is 6.17. The van der Waals surface area contributed by atoms with E-state index < -0.39 is 5.60 Å². The highest BCUT2D eigenvalue weighted by atomic mass is 16.3. The van der Waals surface area contributed by atoms with Crippen LogP contribution in [0.2, 0.25) is 0 Å². The molecule has 0 radical (unpaired) electrons. The molecule has 2 bridgehead atoms. The topological polar surface area (TPSA) is 52.1 Å². The Labute approximate surface area is 197 Å². The Morgan fingerprint density at radius 1 is 1.06 bits per heavy atom. The smallest absolute Gasteiger partial charge is 0.107 e. The highest BCUT2D eigenvalue weighted by Crippen LogP contribution is 2.51. The minimum Gasteiger partial charge on any atom is -0.389 e. The molecule has 1 fully saturated rings. The first-order valence-electron chi connectivity index (χ1n) is 12.6. The van der Waals surface area contributed by atoms with Gasteiger partial charge in [-0.15, -0.1) is 0 Å². The van der Waals surface area contributed by atoms with Gasteiger partial charge in [-0.3, -0.25) is 0 Å². The second-order valence-corrected chi connectivity index (χ2v) is 10.4. The van der Waals surface area contributed by atoms with Gasteiger partial charge < -0.3 is 15.0 Å². The number of rotatable bonds is 8. The number of fused-ring (bicyclic) bond motifs is 3. The number of nitrogens with one attached hydrogen (secondary N) is 1. The normalized spacial score (nSPS) is 24.6. The molecule has 1 aromatic heterocycles. The maximum Gasteiger partial charge on any atom is 0.107 e. The van der Waals surface area contributed by atoms with E-state index in [1.165, 1.54) is 28.7 Å². The summed E-state index contributed by atoms with van der Waals surface area (Å²) in [7, 11) is 2.18. The molecule has 6 rings (SSSR count). The molecule has 3 aromatic rings. The van der Waals surface area contributed by atoms with Gasteiger partial charge in [0.25, 0.3) is 0 Å². The van der Waals surface area contributed by atoms with Crippen molar-refractivity contribution in [3.8, 4) is 0 Å². The van der Waals surface area contributed by atoms with Gasteiger partial charge in [0.05, 0.1) is 16.6 Å². The van der Waals surface area contributed by atoms with Gasteiger partial charge in [-0.05, 0) is 99.9 Å². The van der Waals surface area contributed by atoms with Crippen LogP contribution in [-0.4, -0.2) is 45.7 Å². The van der Waals surface area contributed by atoms with Crippen molar-refractivity contribution in [2.75, 3.05) is 20.1 Å². The summed E-state index contributed by atoms with van der Waals surface area (Å²) in [5.74, 6) is 1.83. The van der Waals surface area contributed by atoms with Crippen molar-refractivity contribution in [1.29, 1.82) is 0 Å². The lowest BCUT2D eigenvalue weighted by Gasteiger charge is -2.48. The number of aliphatic hydroxyl groups is 1. The molecule has 33 heavy (non-hydrogen) atoms. The molecule has 0 aliphatic heterocycles. The minimum absolute atomic E-state index is 0.278. The first-order valence-corrected chi connectivity index (χ1v) is 12.6. The number of hydrogen-bond donors (Lipinski definition) is 2. The molecule has 3 atom stereocenters. The maximum atomic E-state index is 11.6. The van der Waals surface area contributed by atoms with Crippen LogP contribution in [0.25, 0.3) is 16.6 Å². The van der Waals surface area contributed by atoms with Gasteiger partial charge >= 0.3 is 0 Å². The molecule has 0 amide bonds. The van der Waals surface area contributed by atoms with E-state index in [1.807, 2.05) is 12.1 Å². The van der Waals surface area contributed by atoms with E-state index in [0.717, 1.165) is 62.1 Å². The van der Waals surface area contributed by atoms with Crippen LogP contribution >= 0.6 is 0 Å². The first-order chi connectivity index (χ1) is 15.9. The number of H-pyrrole nitrogens is 1. The maximum absolute atomic E-state index is 11.6. The fraction of sp³-hybridized carbons (Fsp3) is 0.483. The molecule has 1 saturated carbocycles. The Kier molecular flexibility index (Phi) is 6.15. The fourth-order valence-electron chi connectivity index (χ4n) is 6.17. The van der Waals surface area contributed by atoms with Crippen LogP contribution in [0.15, 0.2) is 48.5 Å². The van der Waals surface area contributed by atoms with E-state index >= 15 is 0 Å². The number of allylic oxidation sites excluding steroid dienone is 1. The van der Waals surface area contributed by atoms with Crippen molar-refractivity contribution in [3.63, 3.8) is 0 Å². The lowest BCUT2D eigenvalue weighted by atomic mass is 9.60. The quantitative estimate of drug-likeness (QED) is 0.471. The molecule has 3 aliphatic carbocycles. The Morgan fingerprint density at radius 3 is 2.58 bits per heavy atom. The largest absolute Gasteiger partial charge is 0.389 e. The number of aromatic nitrogens is 2. The third-order valence-corrected chi connectivity index (χ3v) is 8.02. The van der Waals surface area contributed by atoms with Crippen LogP contribution < -0.4 is 0 Å². The minimum atomic E-state index is -0.560. The summed E-state index contributed by atoms with van der Waals surface area (Å²) in [4.78, 5) is 10.5. The van der Waals surface area contributed by atoms with Gasteiger partial charge in [-0.25, -0.2) is 4.98 Å². The first kappa shape index (κ1) is 22.4. The second kappa shape index (κ2) is 9.08. The number of hydrogen-bond acceptors (Lipinski definition) is 3. The van der Waals surface area contributed by atoms with Gasteiger partial charge in [0, 0.05) is 18.9 Å². The van der Waals surface area contributed by atoms with E-state index in [9.17, 15) is 5.11 Å². The van der Waals surface area contributed by atoms with Gasteiger partial charge in [-0.2, -0.15) is 0 Å². The van der Waals surface area contributed by atoms with E-state index in [1.54, 1.807) is 0 Å². The number of benzene rings is 2. The number of aromatic amines is 1. The van der Waals surface area contributed by atoms with Crippen LogP contribution in [0.1, 0.15) is 54.6 Å². The van der Waals surface area contributed by atoms with Gasteiger partial charge in [0.15, 0.2) is 0 Å². The summed E-state index contributed by atoms with van der Waals surface area (Å²) >= 11 is 0. The summed E-state index contributed by atoms with van der Waals surface area (Å²) in [6, 6.07) is 14.8. The molecule has 174 valence electrons. The third-order valence-electron chi connectivity index (χ3n) is 8.02. The summed E-state index contributed by atoms with van der Waals surface area (Å²) in [6.45, 7) is 6.40. The van der Waals surface area contributed by atoms with Crippen molar-refractivity contribution in [2.24, 2.45) is 11.8 Å². The van der Waals surface area contributed by atoms with E-state index in [0.29, 0.717) is 5.92 Å². The SMILES string of the molecule is Cc1cccc(C)c1C1=C[C@@H]2CCC1CC2(O)CCN(C)CCCc1nc2ccccc2[nH]1. The molecular formula is C29H37N3O. The van der Waals surface area contributed by atoms with Crippen LogP contribution in [0.4, 0.5) is 0 Å². The van der Waals surface area contributed by atoms with Crippen LogP contribution in [0.5, 0.6) is 0 Å². The number of aryl methyl sites for hydroxylation is 3. The van der Waals surface area contributed by atoms with Crippen molar-refractivity contribution < 1.29 is 5.11 Å². The Balaban J connectivity index is 1.16. The molecule has 3 aliphatic rings. The Hall–Kier alpha value is -2.43. The van der Waals surface area contributed by atoms with E-state index in [-0.39, 0.29) is 5.92 Å². The van der Waals surface area contributed by atoms with Crippen molar-refractivity contribution in [1.82, 2.24) is 14.9 Å². The summed E-state index contributed by atoms with van der Waals surface area (Å²) in [5, 5.41) is 11.6. The average Bonchev–Trinajstić information content (AvgIpc) is 3.21. The second-order valence-electron chi connectivity index (χ2n) is 10.4. The molecule has 1 heterocycles. The summed E-state index contributed by atoms with van der Waals surface area (Å²) < 4.78 is 0. The molecule has 2 aromatic carbocycles. The predicted molar refractivity (Wildman–Crippen MR) is 136 cm³/mol. The van der Waals surface area contributed by atoms with Gasteiger partial charge in [0.2, 0.25) is 0 Å². The monoisotopic (exact) mass is 443 g/mol. The highest BCUT2D eigenvalue weighted by molar-refractivity contribution is 5.75. The van der Waals surface area contributed by atoms with Crippen molar-refractivity contribution in [2.45, 2.75) is 58.0 Å². The molecule has 4 nitrogen and oxygen atoms in total. The lowest BCUT2D eigenvalue weighted by molar-refractivity contribution is -0.0574. The zero-order chi connectivity index (χ0) is 23.0. The van der Waals surface area contributed by atoms with Gasteiger partial charge in [-0.1, -0.05) is 36.4 Å².